The largest absolute Gasteiger partial charge is 0.481 e. The molecule has 3 nitrogen and oxygen atoms in total. The van der Waals surface area contributed by atoms with Crippen LogP contribution in [0.2, 0.25) is 10.0 Å². The van der Waals surface area contributed by atoms with Crippen molar-refractivity contribution < 1.29 is 9.53 Å². The fraction of sp³-hybridized carbons (Fsp3) is 0.316. The van der Waals surface area contributed by atoms with E-state index in [1.54, 1.807) is 25.1 Å². The molecule has 3 rings (SSSR count). The molecule has 24 heavy (non-hydrogen) atoms. The molecule has 0 aromatic heterocycles. The fourth-order valence-electron chi connectivity index (χ4n) is 2.86. The van der Waals surface area contributed by atoms with Crippen molar-refractivity contribution in [2.24, 2.45) is 0 Å². The van der Waals surface area contributed by atoms with E-state index < -0.39 is 6.10 Å². The van der Waals surface area contributed by atoms with Gasteiger partial charge in [0.1, 0.15) is 5.75 Å². The van der Waals surface area contributed by atoms with Crippen molar-refractivity contribution in [1.82, 2.24) is 0 Å². The first-order valence-corrected chi connectivity index (χ1v) is 8.83. The smallest absolute Gasteiger partial charge is 0.265 e. The van der Waals surface area contributed by atoms with Gasteiger partial charge in [-0.2, -0.15) is 0 Å². The first-order chi connectivity index (χ1) is 11.5. The van der Waals surface area contributed by atoms with Crippen LogP contribution in [0.3, 0.4) is 0 Å². The Kier molecular flexibility index (Phi) is 5.32. The van der Waals surface area contributed by atoms with Crippen LogP contribution >= 0.6 is 23.2 Å². The predicted molar refractivity (Wildman–Crippen MR) is 98.3 cm³/mol. The average Bonchev–Trinajstić information content (AvgIpc) is 2.58. The Morgan fingerprint density at radius 1 is 1.04 bits per heavy atom. The van der Waals surface area contributed by atoms with Crippen LogP contribution in [-0.2, 0) is 17.6 Å². The van der Waals surface area contributed by atoms with Crippen molar-refractivity contribution in [3.8, 4) is 5.75 Å². The molecular weight excluding hydrogens is 345 g/mol. The van der Waals surface area contributed by atoms with Crippen molar-refractivity contribution in [1.29, 1.82) is 0 Å². The zero-order chi connectivity index (χ0) is 17.1. The van der Waals surface area contributed by atoms with Crippen molar-refractivity contribution >= 4 is 34.8 Å². The zero-order valence-corrected chi connectivity index (χ0v) is 15.0. The lowest BCUT2D eigenvalue weighted by molar-refractivity contribution is -0.122. The Labute approximate surface area is 151 Å². The summed E-state index contributed by atoms with van der Waals surface area (Å²) in [4.78, 5) is 12.3. The number of nitrogens with one attached hydrogen (secondary N) is 1. The number of amides is 1. The van der Waals surface area contributed by atoms with Crippen molar-refractivity contribution in [3.05, 3.63) is 57.6 Å². The average molecular weight is 364 g/mol. The molecule has 0 aliphatic heterocycles. The van der Waals surface area contributed by atoms with Gasteiger partial charge in [-0.05, 0) is 74.1 Å². The first kappa shape index (κ1) is 17.1. The van der Waals surface area contributed by atoms with E-state index in [9.17, 15) is 4.79 Å². The highest BCUT2D eigenvalue weighted by Gasteiger charge is 2.17. The molecule has 2 aromatic carbocycles. The molecular formula is C19H19Cl2NO2. The molecule has 0 heterocycles. The summed E-state index contributed by atoms with van der Waals surface area (Å²) in [5.74, 6) is 0.499. The second kappa shape index (κ2) is 7.45. The van der Waals surface area contributed by atoms with Gasteiger partial charge in [0.25, 0.3) is 5.91 Å². The van der Waals surface area contributed by atoms with E-state index in [0.717, 1.165) is 18.6 Å². The fourth-order valence-corrected chi connectivity index (χ4v) is 3.16. The lowest BCUT2D eigenvalue weighted by atomic mass is 9.92. The number of anilines is 1. The Hall–Kier alpha value is -1.71. The second-order valence-corrected chi connectivity index (χ2v) is 6.83. The molecule has 0 unspecified atom stereocenters. The van der Waals surface area contributed by atoms with Gasteiger partial charge in [-0.25, -0.2) is 0 Å². The second-order valence-electron chi connectivity index (χ2n) is 6.02. The lowest BCUT2D eigenvalue weighted by Crippen LogP contribution is -2.30. The van der Waals surface area contributed by atoms with Crippen LogP contribution in [0.25, 0.3) is 0 Å². The number of carbonyl (C=O) groups is 1. The molecule has 1 amide bonds. The van der Waals surface area contributed by atoms with Crippen LogP contribution in [-0.4, -0.2) is 12.0 Å². The molecule has 0 saturated heterocycles. The van der Waals surface area contributed by atoms with Gasteiger partial charge in [-0.15, -0.1) is 0 Å². The molecule has 0 radical (unpaired) electrons. The highest BCUT2D eigenvalue weighted by Crippen LogP contribution is 2.27. The van der Waals surface area contributed by atoms with Gasteiger partial charge < -0.3 is 10.1 Å². The number of hydrogen-bond donors (Lipinski definition) is 1. The summed E-state index contributed by atoms with van der Waals surface area (Å²) in [6, 6.07) is 11.1. The lowest BCUT2D eigenvalue weighted by Gasteiger charge is -2.19. The van der Waals surface area contributed by atoms with Crippen molar-refractivity contribution in [3.63, 3.8) is 0 Å². The normalized spacial score (nSPS) is 14.6. The van der Waals surface area contributed by atoms with Gasteiger partial charge >= 0.3 is 0 Å². The third-order valence-corrected chi connectivity index (χ3v) is 4.93. The summed E-state index contributed by atoms with van der Waals surface area (Å²) in [6.07, 6.45) is 4.06. The van der Waals surface area contributed by atoms with Gasteiger partial charge in [0.05, 0.1) is 10.0 Å². The van der Waals surface area contributed by atoms with E-state index in [0.29, 0.717) is 15.7 Å². The highest BCUT2D eigenvalue weighted by molar-refractivity contribution is 6.42. The molecule has 0 bridgehead atoms. The minimum Gasteiger partial charge on any atom is -0.481 e. The maximum atomic E-state index is 12.3. The van der Waals surface area contributed by atoms with Crippen molar-refractivity contribution in [2.45, 2.75) is 38.7 Å². The summed E-state index contributed by atoms with van der Waals surface area (Å²) in [7, 11) is 0. The Balaban J connectivity index is 1.64. The van der Waals surface area contributed by atoms with Crippen LogP contribution in [0, 0.1) is 0 Å². The Bertz CT molecular complexity index is 761. The summed E-state index contributed by atoms with van der Waals surface area (Å²) in [5, 5.41) is 3.64. The van der Waals surface area contributed by atoms with Crippen LogP contribution in [0.4, 0.5) is 5.69 Å². The summed E-state index contributed by atoms with van der Waals surface area (Å²) >= 11 is 11.8. The van der Waals surface area contributed by atoms with Gasteiger partial charge in [0.2, 0.25) is 0 Å². The highest BCUT2D eigenvalue weighted by atomic mass is 35.5. The topological polar surface area (TPSA) is 38.3 Å². The number of fused-ring (bicyclic) bond motifs is 1. The SMILES string of the molecule is C[C@@H](Oc1ccc2c(c1)CCCC2)C(=O)Nc1ccc(Cl)c(Cl)c1. The summed E-state index contributed by atoms with van der Waals surface area (Å²) in [6.45, 7) is 1.73. The maximum absolute atomic E-state index is 12.3. The molecule has 5 heteroatoms. The Morgan fingerprint density at radius 2 is 1.79 bits per heavy atom. The summed E-state index contributed by atoms with van der Waals surface area (Å²) in [5.41, 5.74) is 3.31. The number of benzene rings is 2. The molecule has 1 aliphatic rings. The third kappa shape index (κ3) is 4.03. The van der Waals surface area contributed by atoms with E-state index in [4.69, 9.17) is 27.9 Å². The van der Waals surface area contributed by atoms with E-state index in [-0.39, 0.29) is 5.91 Å². The number of aryl methyl sites for hydroxylation is 2. The number of carbonyl (C=O) groups excluding carboxylic acids is 1. The quantitative estimate of drug-likeness (QED) is 0.802. The number of halogens is 2. The van der Waals surface area contributed by atoms with Crippen LogP contribution < -0.4 is 10.1 Å². The van der Waals surface area contributed by atoms with Crippen LogP contribution in [0.1, 0.15) is 30.9 Å². The van der Waals surface area contributed by atoms with E-state index >= 15 is 0 Å². The minimum atomic E-state index is -0.610. The molecule has 1 N–H and O–H groups in total. The van der Waals surface area contributed by atoms with Gasteiger partial charge in [-0.3, -0.25) is 4.79 Å². The Morgan fingerprint density at radius 3 is 2.54 bits per heavy atom. The van der Waals surface area contributed by atoms with Gasteiger partial charge in [0.15, 0.2) is 6.10 Å². The van der Waals surface area contributed by atoms with Gasteiger partial charge in [0, 0.05) is 5.69 Å². The van der Waals surface area contributed by atoms with Crippen LogP contribution in [0.15, 0.2) is 36.4 Å². The molecule has 126 valence electrons. The summed E-state index contributed by atoms with van der Waals surface area (Å²) < 4.78 is 5.80. The van der Waals surface area contributed by atoms with E-state index in [1.807, 2.05) is 6.07 Å². The number of ether oxygens (including phenoxy) is 1. The third-order valence-electron chi connectivity index (χ3n) is 4.19. The zero-order valence-electron chi connectivity index (χ0n) is 13.4. The number of rotatable bonds is 4. The van der Waals surface area contributed by atoms with Crippen molar-refractivity contribution in [2.75, 3.05) is 5.32 Å². The first-order valence-electron chi connectivity index (χ1n) is 8.07. The maximum Gasteiger partial charge on any atom is 0.265 e. The molecule has 0 fully saturated rings. The van der Waals surface area contributed by atoms with E-state index in [2.05, 4.69) is 17.4 Å². The van der Waals surface area contributed by atoms with Gasteiger partial charge in [-0.1, -0.05) is 29.3 Å². The number of hydrogen-bond acceptors (Lipinski definition) is 2. The molecule has 1 atom stereocenters. The molecule has 1 aliphatic carbocycles. The minimum absolute atomic E-state index is 0.230. The monoisotopic (exact) mass is 363 g/mol. The van der Waals surface area contributed by atoms with E-state index in [1.165, 1.54) is 24.0 Å². The molecule has 2 aromatic rings. The standard InChI is InChI=1S/C19H19Cl2NO2/c1-12(19(23)22-15-7-9-17(20)18(21)11-15)24-16-8-6-13-4-2-3-5-14(13)10-16/h6-12H,2-5H2,1H3,(H,22,23)/t12-/m1/s1. The molecule has 0 spiro atoms. The van der Waals surface area contributed by atoms with Crippen LogP contribution in [0.5, 0.6) is 5.75 Å². The molecule has 0 saturated carbocycles. The predicted octanol–water partition coefficient (Wildman–Crippen LogP) is 5.28.